The quantitative estimate of drug-likeness (QED) is 0.911. The van der Waals surface area contributed by atoms with Crippen LogP contribution in [0.1, 0.15) is 23.7 Å². The fourth-order valence-corrected chi connectivity index (χ4v) is 3.08. The fraction of sp³-hybridized carbons (Fsp3) is 0.235. The minimum absolute atomic E-state index is 0.00262. The largest absolute Gasteiger partial charge is 0.387 e. The smallest absolute Gasteiger partial charge is 0.127 e. The Bertz CT molecular complexity index is 632. The van der Waals surface area contributed by atoms with E-state index >= 15 is 0 Å². The lowest BCUT2D eigenvalue weighted by atomic mass is 10.1. The van der Waals surface area contributed by atoms with Gasteiger partial charge in [0.15, 0.2) is 0 Å². The SMILES string of the molecule is Cc1ccc(Sc2ccc(C3N=C(N)CCN3)cc2)cc1. The third-order valence-electron chi connectivity index (χ3n) is 3.47. The molecule has 0 fully saturated rings. The molecule has 3 rings (SSSR count). The highest BCUT2D eigenvalue weighted by Gasteiger charge is 2.14. The van der Waals surface area contributed by atoms with Gasteiger partial charge in [-0.05, 0) is 36.8 Å². The minimum Gasteiger partial charge on any atom is -0.387 e. The standard InChI is InChI=1S/C17H19N3S/c1-12-2-6-14(7-3-12)21-15-8-4-13(5-9-15)17-19-11-10-16(18)20-17/h2-9,17,19H,10-11H2,1H3,(H2,18,20). The Balaban J connectivity index is 1.72. The van der Waals surface area contributed by atoms with E-state index in [1.807, 2.05) is 0 Å². The van der Waals surface area contributed by atoms with E-state index in [4.69, 9.17) is 5.73 Å². The average Bonchev–Trinajstić information content (AvgIpc) is 2.50. The van der Waals surface area contributed by atoms with Crippen molar-refractivity contribution < 1.29 is 0 Å². The molecular weight excluding hydrogens is 278 g/mol. The maximum Gasteiger partial charge on any atom is 0.127 e. The monoisotopic (exact) mass is 297 g/mol. The molecule has 2 aromatic rings. The van der Waals surface area contributed by atoms with Crippen LogP contribution in [0.2, 0.25) is 0 Å². The van der Waals surface area contributed by atoms with Crippen LogP contribution in [0.3, 0.4) is 0 Å². The summed E-state index contributed by atoms with van der Waals surface area (Å²) in [7, 11) is 0. The van der Waals surface area contributed by atoms with Crippen molar-refractivity contribution in [3.05, 3.63) is 59.7 Å². The summed E-state index contributed by atoms with van der Waals surface area (Å²) in [5.74, 6) is 0.733. The number of rotatable bonds is 3. The van der Waals surface area contributed by atoms with E-state index in [-0.39, 0.29) is 6.17 Å². The summed E-state index contributed by atoms with van der Waals surface area (Å²) < 4.78 is 0. The Hall–Kier alpha value is -1.78. The first-order valence-corrected chi connectivity index (χ1v) is 7.92. The zero-order valence-electron chi connectivity index (χ0n) is 12.0. The molecule has 0 bridgehead atoms. The van der Waals surface area contributed by atoms with E-state index in [9.17, 15) is 0 Å². The van der Waals surface area contributed by atoms with Crippen LogP contribution in [0.25, 0.3) is 0 Å². The predicted octanol–water partition coefficient (Wildman–Crippen LogP) is 3.50. The van der Waals surface area contributed by atoms with Gasteiger partial charge in [-0.25, -0.2) is 4.99 Å². The summed E-state index contributed by atoms with van der Waals surface area (Å²) in [5, 5.41) is 3.37. The van der Waals surface area contributed by atoms with Gasteiger partial charge in [-0.2, -0.15) is 0 Å². The third kappa shape index (κ3) is 3.65. The van der Waals surface area contributed by atoms with Crippen LogP contribution in [0.15, 0.2) is 63.3 Å². The van der Waals surface area contributed by atoms with Crippen molar-refractivity contribution in [1.82, 2.24) is 5.32 Å². The second-order valence-electron chi connectivity index (χ2n) is 5.21. The Morgan fingerprint density at radius 2 is 1.67 bits per heavy atom. The highest BCUT2D eigenvalue weighted by molar-refractivity contribution is 7.99. The molecule has 2 aromatic carbocycles. The molecule has 3 N–H and O–H groups in total. The van der Waals surface area contributed by atoms with Gasteiger partial charge < -0.3 is 5.73 Å². The Morgan fingerprint density at radius 1 is 1.05 bits per heavy atom. The van der Waals surface area contributed by atoms with Crippen molar-refractivity contribution in [2.45, 2.75) is 29.3 Å². The molecule has 0 amide bonds. The maximum atomic E-state index is 5.81. The molecule has 0 saturated heterocycles. The van der Waals surface area contributed by atoms with E-state index < -0.39 is 0 Å². The molecule has 0 aromatic heterocycles. The molecule has 0 spiro atoms. The molecule has 1 unspecified atom stereocenters. The van der Waals surface area contributed by atoms with Gasteiger partial charge in [-0.1, -0.05) is 41.6 Å². The van der Waals surface area contributed by atoms with Gasteiger partial charge in [0.1, 0.15) is 6.17 Å². The van der Waals surface area contributed by atoms with E-state index in [0.717, 1.165) is 24.4 Å². The molecule has 1 heterocycles. The number of amidine groups is 1. The Kier molecular flexibility index (Phi) is 4.27. The minimum atomic E-state index is -0.00262. The van der Waals surface area contributed by atoms with Gasteiger partial charge in [0, 0.05) is 22.8 Å². The number of hydrogen-bond acceptors (Lipinski definition) is 4. The van der Waals surface area contributed by atoms with Crippen LogP contribution in [0.4, 0.5) is 0 Å². The van der Waals surface area contributed by atoms with Crippen molar-refractivity contribution in [2.75, 3.05) is 6.54 Å². The van der Waals surface area contributed by atoms with Gasteiger partial charge in [-0.3, -0.25) is 5.32 Å². The molecule has 0 aliphatic carbocycles. The van der Waals surface area contributed by atoms with Gasteiger partial charge in [0.05, 0.1) is 5.84 Å². The van der Waals surface area contributed by atoms with Crippen molar-refractivity contribution >= 4 is 17.6 Å². The molecule has 21 heavy (non-hydrogen) atoms. The first-order chi connectivity index (χ1) is 10.2. The molecule has 108 valence electrons. The van der Waals surface area contributed by atoms with Gasteiger partial charge in [0.2, 0.25) is 0 Å². The molecule has 0 saturated carbocycles. The van der Waals surface area contributed by atoms with Crippen LogP contribution < -0.4 is 11.1 Å². The van der Waals surface area contributed by atoms with Crippen molar-refractivity contribution in [3.63, 3.8) is 0 Å². The highest BCUT2D eigenvalue weighted by Crippen LogP contribution is 2.29. The number of hydrogen-bond donors (Lipinski definition) is 2. The summed E-state index contributed by atoms with van der Waals surface area (Å²) in [6.07, 6.45) is 0.829. The van der Waals surface area contributed by atoms with Gasteiger partial charge >= 0.3 is 0 Å². The Morgan fingerprint density at radius 3 is 2.29 bits per heavy atom. The number of aliphatic imine (C=N–C) groups is 1. The molecule has 1 atom stereocenters. The summed E-state index contributed by atoms with van der Waals surface area (Å²) in [6.45, 7) is 2.99. The van der Waals surface area contributed by atoms with Crippen molar-refractivity contribution in [3.8, 4) is 0 Å². The second-order valence-corrected chi connectivity index (χ2v) is 6.36. The summed E-state index contributed by atoms with van der Waals surface area (Å²) in [5.41, 5.74) is 8.26. The lowest BCUT2D eigenvalue weighted by molar-refractivity contribution is 0.539. The summed E-state index contributed by atoms with van der Waals surface area (Å²) in [4.78, 5) is 6.94. The fourth-order valence-electron chi connectivity index (χ4n) is 2.27. The first-order valence-electron chi connectivity index (χ1n) is 7.11. The van der Waals surface area contributed by atoms with Crippen LogP contribution in [0.5, 0.6) is 0 Å². The van der Waals surface area contributed by atoms with Crippen LogP contribution >= 0.6 is 11.8 Å². The zero-order valence-corrected chi connectivity index (χ0v) is 12.9. The Labute approximate surface area is 129 Å². The molecule has 1 aliphatic rings. The number of nitrogens with zero attached hydrogens (tertiary/aromatic N) is 1. The predicted molar refractivity (Wildman–Crippen MR) is 88.7 cm³/mol. The van der Waals surface area contributed by atoms with Gasteiger partial charge in [-0.15, -0.1) is 0 Å². The molecule has 1 aliphatic heterocycles. The average molecular weight is 297 g/mol. The van der Waals surface area contributed by atoms with E-state index in [1.165, 1.54) is 15.4 Å². The number of aryl methyl sites for hydroxylation is 1. The first kappa shape index (κ1) is 14.2. The molecule has 4 heteroatoms. The van der Waals surface area contributed by atoms with Crippen molar-refractivity contribution in [2.24, 2.45) is 10.7 Å². The van der Waals surface area contributed by atoms with Gasteiger partial charge in [0.25, 0.3) is 0 Å². The summed E-state index contributed by atoms with van der Waals surface area (Å²) in [6, 6.07) is 17.1. The van der Waals surface area contributed by atoms with E-state index in [0.29, 0.717) is 0 Å². The van der Waals surface area contributed by atoms with E-state index in [2.05, 4.69) is 65.8 Å². The van der Waals surface area contributed by atoms with Crippen LogP contribution in [-0.4, -0.2) is 12.4 Å². The molecule has 0 radical (unpaired) electrons. The second kappa shape index (κ2) is 6.33. The summed E-state index contributed by atoms with van der Waals surface area (Å²) >= 11 is 1.77. The van der Waals surface area contributed by atoms with Crippen LogP contribution in [0, 0.1) is 6.92 Å². The highest BCUT2D eigenvalue weighted by atomic mass is 32.2. The zero-order chi connectivity index (χ0) is 14.7. The normalized spacial score (nSPS) is 18.3. The lowest BCUT2D eigenvalue weighted by Gasteiger charge is -2.20. The number of benzene rings is 2. The molecule has 3 nitrogen and oxygen atoms in total. The number of nitrogens with two attached hydrogens (primary N) is 1. The third-order valence-corrected chi connectivity index (χ3v) is 4.48. The number of nitrogens with one attached hydrogen (secondary N) is 1. The maximum absolute atomic E-state index is 5.81. The molecular formula is C17H19N3S. The van der Waals surface area contributed by atoms with E-state index in [1.54, 1.807) is 11.8 Å². The van der Waals surface area contributed by atoms with Crippen molar-refractivity contribution in [1.29, 1.82) is 0 Å². The topological polar surface area (TPSA) is 50.4 Å². The van der Waals surface area contributed by atoms with Crippen LogP contribution in [-0.2, 0) is 0 Å². The lowest BCUT2D eigenvalue weighted by Crippen LogP contribution is -2.32.